The molecule has 1 saturated carbocycles. The van der Waals surface area contributed by atoms with E-state index in [4.69, 9.17) is 16.0 Å². The van der Waals surface area contributed by atoms with Crippen LogP contribution >= 0.6 is 11.6 Å². The van der Waals surface area contributed by atoms with Gasteiger partial charge in [0.05, 0.1) is 28.9 Å². The second-order valence-electron chi connectivity index (χ2n) is 9.82. The SMILES string of the molecule is Cc1cc([C@@H](C)Nc2ccc(Cl)nc2C(=O)NS(C)(=O)=O)c2oc(-c3cnc(C4CC4)nc3)c(C)c(=O)c2c1. The van der Waals surface area contributed by atoms with E-state index >= 15 is 0 Å². The van der Waals surface area contributed by atoms with Gasteiger partial charge in [-0.15, -0.1) is 0 Å². The zero-order valence-corrected chi connectivity index (χ0v) is 23.3. The molecule has 0 bridgehead atoms. The van der Waals surface area contributed by atoms with E-state index in [1.165, 1.54) is 12.1 Å². The third-order valence-corrected chi connectivity index (χ3v) is 7.23. The number of benzene rings is 1. The van der Waals surface area contributed by atoms with Gasteiger partial charge >= 0.3 is 0 Å². The number of aromatic nitrogens is 3. The van der Waals surface area contributed by atoms with Crippen molar-refractivity contribution in [3.05, 3.63) is 80.2 Å². The summed E-state index contributed by atoms with van der Waals surface area (Å²) in [6.07, 6.45) is 6.39. The molecular formula is C27H26ClN5O5S. The highest BCUT2D eigenvalue weighted by Crippen LogP contribution is 2.38. The maximum absolute atomic E-state index is 13.5. The Labute approximate surface area is 229 Å². The fourth-order valence-electron chi connectivity index (χ4n) is 4.42. The molecule has 12 heteroatoms. The zero-order valence-electron chi connectivity index (χ0n) is 21.7. The Balaban J connectivity index is 1.58. The first-order valence-corrected chi connectivity index (χ1v) is 14.5. The minimum atomic E-state index is -3.83. The summed E-state index contributed by atoms with van der Waals surface area (Å²) < 4.78 is 31.6. The Hall–Kier alpha value is -3.83. The molecule has 1 aromatic carbocycles. The molecule has 10 nitrogen and oxygen atoms in total. The highest BCUT2D eigenvalue weighted by atomic mass is 35.5. The van der Waals surface area contributed by atoms with Crippen molar-refractivity contribution in [3.63, 3.8) is 0 Å². The Kier molecular flexibility index (Phi) is 6.90. The van der Waals surface area contributed by atoms with Crippen LogP contribution in [0, 0.1) is 13.8 Å². The number of halogens is 1. The van der Waals surface area contributed by atoms with E-state index in [0.29, 0.717) is 39.3 Å². The molecule has 5 rings (SSSR count). The van der Waals surface area contributed by atoms with Crippen molar-refractivity contribution in [2.45, 2.75) is 45.6 Å². The predicted molar refractivity (Wildman–Crippen MR) is 149 cm³/mol. The van der Waals surface area contributed by atoms with Crippen molar-refractivity contribution in [1.29, 1.82) is 0 Å². The van der Waals surface area contributed by atoms with Crippen LogP contribution in [0.5, 0.6) is 0 Å². The van der Waals surface area contributed by atoms with Gasteiger partial charge in [0.2, 0.25) is 10.0 Å². The normalized spacial score (nSPS) is 14.3. The van der Waals surface area contributed by atoms with Crippen LogP contribution in [-0.4, -0.2) is 35.5 Å². The van der Waals surface area contributed by atoms with Gasteiger partial charge in [-0.1, -0.05) is 17.7 Å². The average Bonchev–Trinajstić information content (AvgIpc) is 3.72. The van der Waals surface area contributed by atoms with Crippen LogP contribution in [0.2, 0.25) is 5.15 Å². The highest BCUT2D eigenvalue weighted by Gasteiger charge is 2.27. The summed E-state index contributed by atoms with van der Waals surface area (Å²) in [5.74, 6) is 0.648. The summed E-state index contributed by atoms with van der Waals surface area (Å²) in [6.45, 7) is 5.41. The van der Waals surface area contributed by atoms with Crippen molar-refractivity contribution >= 4 is 44.2 Å². The number of pyridine rings is 1. The van der Waals surface area contributed by atoms with Gasteiger partial charge in [-0.25, -0.2) is 28.1 Å². The molecule has 1 fully saturated rings. The summed E-state index contributed by atoms with van der Waals surface area (Å²) in [6, 6.07) is 6.18. The molecule has 202 valence electrons. The van der Waals surface area contributed by atoms with Gasteiger partial charge in [0.25, 0.3) is 5.91 Å². The summed E-state index contributed by atoms with van der Waals surface area (Å²) in [7, 11) is -3.83. The van der Waals surface area contributed by atoms with Gasteiger partial charge in [-0.05, 0) is 57.4 Å². The topological polar surface area (TPSA) is 144 Å². The molecule has 0 aliphatic heterocycles. The lowest BCUT2D eigenvalue weighted by Crippen LogP contribution is -2.31. The second-order valence-corrected chi connectivity index (χ2v) is 12.0. The van der Waals surface area contributed by atoms with Crippen LogP contribution in [0.4, 0.5) is 5.69 Å². The quantitative estimate of drug-likeness (QED) is 0.305. The molecule has 0 radical (unpaired) electrons. The number of nitrogens with zero attached hydrogens (tertiary/aromatic N) is 3. The van der Waals surface area contributed by atoms with Gasteiger partial charge < -0.3 is 9.73 Å². The lowest BCUT2D eigenvalue weighted by molar-refractivity contribution is 0.0977. The number of amides is 1. The van der Waals surface area contributed by atoms with Crippen LogP contribution in [0.3, 0.4) is 0 Å². The fraction of sp³-hybridized carbons (Fsp3) is 0.296. The zero-order chi connectivity index (χ0) is 28.1. The largest absolute Gasteiger partial charge is 0.455 e. The molecule has 2 N–H and O–H groups in total. The number of carbonyl (C=O) groups is 1. The van der Waals surface area contributed by atoms with E-state index in [0.717, 1.165) is 30.5 Å². The van der Waals surface area contributed by atoms with Gasteiger partial charge in [0.15, 0.2) is 11.1 Å². The number of rotatable bonds is 7. The molecule has 3 aromatic heterocycles. The van der Waals surface area contributed by atoms with Crippen LogP contribution < -0.4 is 15.5 Å². The number of hydrogen-bond acceptors (Lipinski definition) is 9. The van der Waals surface area contributed by atoms with Crippen LogP contribution in [0.25, 0.3) is 22.3 Å². The average molecular weight is 568 g/mol. The van der Waals surface area contributed by atoms with Crippen LogP contribution in [0.1, 0.15) is 64.7 Å². The third-order valence-electron chi connectivity index (χ3n) is 6.46. The molecular weight excluding hydrogens is 542 g/mol. The fourth-order valence-corrected chi connectivity index (χ4v) is 5.01. The number of hydrogen-bond donors (Lipinski definition) is 2. The Morgan fingerprint density at radius 1 is 1.15 bits per heavy atom. The summed E-state index contributed by atoms with van der Waals surface area (Å²) >= 11 is 5.99. The van der Waals surface area contributed by atoms with Gasteiger partial charge in [0.1, 0.15) is 22.3 Å². The molecule has 1 aliphatic rings. The lowest BCUT2D eigenvalue weighted by Gasteiger charge is -2.20. The first-order chi connectivity index (χ1) is 18.4. The molecule has 4 aromatic rings. The summed E-state index contributed by atoms with van der Waals surface area (Å²) in [5.41, 5.74) is 2.81. The Bertz CT molecular complexity index is 1780. The lowest BCUT2D eigenvalue weighted by atomic mass is 9.99. The van der Waals surface area contributed by atoms with E-state index in [1.54, 1.807) is 25.4 Å². The van der Waals surface area contributed by atoms with E-state index in [-0.39, 0.29) is 22.0 Å². The number of carbonyl (C=O) groups excluding carboxylic acids is 1. The van der Waals surface area contributed by atoms with Crippen molar-refractivity contribution in [3.8, 4) is 11.3 Å². The number of sulfonamides is 1. The molecule has 0 unspecified atom stereocenters. The molecule has 1 atom stereocenters. The molecule has 0 spiro atoms. The molecule has 0 saturated heterocycles. The highest BCUT2D eigenvalue weighted by molar-refractivity contribution is 7.89. The number of fused-ring (bicyclic) bond motifs is 1. The van der Waals surface area contributed by atoms with Crippen molar-refractivity contribution in [2.75, 3.05) is 11.6 Å². The summed E-state index contributed by atoms with van der Waals surface area (Å²) in [4.78, 5) is 39.1. The number of anilines is 1. The second kappa shape index (κ2) is 10.0. The van der Waals surface area contributed by atoms with E-state index in [9.17, 15) is 18.0 Å². The minimum absolute atomic E-state index is 0.0221. The first-order valence-electron chi connectivity index (χ1n) is 12.3. The van der Waals surface area contributed by atoms with Crippen molar-refractivity contribution < 1.29 is 17.6 Å². The van der Waals surface area contributed by atoms with Crippen molar-refractivity contribution in [1.82, 2.24) is 19.7 Å². The smallest absolute Gasteiger partial charge is 0.285 e. The van der Waals surface area contributed by atoms with Gasteiger partial charge in [-0.2, -0.15) is 0 Å². The molecule has 1 aliphatic carbocycles. The maximum Gasteiger partial charge on any atom is 0.285 e. The first kappa shape index (κ1) is 26.8. The maximum atomic E-state index is 13.5. The summed E-state index contributed by atoms with van der Waals surface area (Å²) in [5, 5.41) is 3.64. The van der Waals surface area contributed by atoms with E-state index in [2.05, 4.69) is 20.3 Å². The monoisotopic (exact) mass is 567 g/mol. The predicted octanol–water partition coefficient (Wildman–Crippen LogP) is 4.66. The van der Waals surface area contributed by atoms with Crippen molar-refractivity contribution in [2.24, 2.45) is 0 Å². The van der Waals surface area contributed by atoms with E-state index in [1.807, 2.05) is 24.6 Å². The van der Waals surface area contributed by atoms with Crippen LogP contribution in [0.15, 0.2) is 45.9 Å². The number of aryl methyl sites for hydroxylation is 1. The Morgan fingerprint density at radius 3 is 2.49 bits per heavy atom. The van der Waals surface area contributed by atoms with E-state index < -0.39 is 22.0 Å². The number of nitrogens with one attached hydrogen (secondary N) is 2. The minimum Gasteiger partial charge on any atom is -0.455 e. The van der Waals surface area contributed by atoms with Gasteiger partial charge in [-0.3, -0.25) is 9.59 Å². The molecule has 3 heterocycles. The molecule has 39 heavy (non-hydrogen) atoms. The molecule has 1 amide bonds. The van der Waals surface area contributed by atoms with Gasteiger partial charge in [0, 0.05) is 29.4 Å². The van der Waals surface area contributed by atoms with Crippen LogP contribution in [-0.2, 0) is 10.0 Å². The third kappa shape index (κ3) is 5.64. The standard InChI is InChI=1S/C27H26ClN5O5S/c1-13-9-18(15(3)31-20-7-8-21(28)32-22(20)27(35)33-39(4,36)37)25-19(10-13)23(34)14(2)24(38-25)17-11-29-26(30-12-17)16-5-6-16/h7-12,15-16,31H,5-6H2,1-4H3,(H,33,35)/t15-/m1/s1. The Morgan fingerprint density at radius 2 is 1.85 bits per heavy atom.